The van der Waals surface area contributed by atoms with Crippen molar-refractivity contribution >= 4 is 51.3 Å². The maximum absolute atomic E-state index is 12.8. The maximum Gasteiger partial charge on any atom is 0.410 e. The lowest BCUT2D eigenvalue weighted by atomic mass is 9.94. The number of hydrogen-bond donors (Lipinski definition) is 1. The highest BCUT2D eigenvalue weighted by Crippen LogP contribution is 2.31. The number of carbonyl (C=O) groups is 2. The minimum atomic E-state index is -1.20. The van der Waals surface area contributed by atoms with Gasteiger partial charge in [-0.3, -0.25) is 0 Å². The molecular formula is C44H74N10O6Si2. The normalized spacial score (nSPS) is 17.8. The molecule has 2 atom stereocenters. The first kappa shape index (κ1) is 48.8. The zero-order valence-corrected chi connectivity index (χ0v) is 41.6. The summed E-state index contributed by atoms with van der Waals surface area (Å²) in [6, 6.07) is 9.93. The molecule has 0 saturated carbocycles. The van der Waals surface area contributed by atoms with Gasteiger partial charge in [-0.15, -0.1) is 0 Å². The van der Waals surface area contributed by atoms with Gasteiger partial charge in [0, 0.05) is 91.6 Å². The van der Waals surface area contributed by atoms with Gasteiger partial charge in [-0.1, -0.05) is 39.3 Å². The van der Waals surface area contributed by atoms with Crippen LogP contribution >= 0.6 is 0 Å². The highest BCUT2D eigenvalue weighted by molar-refractivity contribution is 6.76. The van der Waals surface area contributed by atoms with Crippen LogP contribution in [-0.2, 0) is 18.9 Å². The summed E-state index contributed by atoms with van der Waals surface area (Å²) in [7, 11) is -2.39. The summed E-state index contributed by atoms with van der Waals surface area (Å²) >= 11 is 0. The van der Waals surface area contributed by atoms with Crippen LogP contribution in [-0.4, -0.2) is 131 Å². The van der Waals surface area contributed by atoms with Crippen LogP contribution in [0.15, 0.2) is 36.7 Å². The molecule has 4 aromatic rings. The number of nitrogens with zero attached hydrogens (tertiary/aromatic N) is 9. The smallest absolute Gasteiger partial charge is 0.410 e. The largest absolute Gasteiger partial charge is 0.444 e. The van der Waals surface area contributed by atoms with E-state index in [1.165, 1.54) is 0 Å². The summed E-state index contributed by atoms with van der Waals surface area (Å²) in [5.41, 5.74) is 8.42. The number of piperidine rings is 2. The second kappa shape index (κ2) is 20.5. The van der Waals surface area contributed by atoms with Gasteiger partial charge >= 0.3 is 12.2 Å². The first-order valence-electron chi connectivity index (χ1n) is 22.3. The zero-order valence-electron chi connectivity index (χ0n) is 39.6. The molecule has 2 N–H and O–H groups in total. The van der Waals surface area contributed by atoms with Crippen molar-refractivity contribution in [2.45, 2.75) is 142 Å². The SMILES string of the molecule is CC(C)(C)OC(=O)N1CCCC(c2cc(N(COCC[Si](C)(C)C)COCC[Si](C)(C)C)n3nccc3n2)C1.CC(C)(C)OC(=O)N1CCCC(c2cc(N)n3nccc3n2)C1. The lowest BCUT2D eigenvalue weighted by Crippen LogP contribution is -2.42. The first-order valence-corrected chi connectivity index (χ1v) is 29.7. The molecule has 2 fully saturated rings. The molecule has 344 valence electrons. The minimum absolute atomic E-state index is 0.118. The number of nitrogens with two attached hydrogens (primary N) is 1. The molecule has 16 nitrogen and oxygen atoms in total. The van der Waals surface area contributed by atoms with Gasteiger partial charge in [0.15, 0.2) is 11.3 Å². The van der Waals surface area contributed by atoms with E-state index in [1.807, 2.05) is 69.2 Å². The highest BCUT2D eigenvalue weighted by atomic mass is 28.3. The van der Waals surface area contributed by atoms with Crippen molar-refractivity contribution in [2.75, 3.05) is 63.5 Å². The molecule has 0 radical (unpaired) electrons. The summed E-state index contributed by atoms with van der Waals surface area (Å²) in [4.78, 5) is 40.4. The van der Waals surface area contributed by atoms with Gasteiger partial charge in [-0.05, 0) is 79.3 Å². The third-order valence-corrected chi connectivity index (χ3v) is 14.0. The number of ether oxygens (including phenoxy) is 4. The van der Waals surface area contributed by atoms with Crippen LogP contribution < -0.4 is 10.6 Å². The Kier molecular flexibility index (Phi) is 16.1. The van der Waals surface area contributed by atoms with Gasteiger partial charge in [0.2, 0.25) is 0 Å². The van der Waals surface area contributed by atoms with Crippen LogP contribution in [0.5, 0.6) is 0 Å². The minimum Gasteiger partial charge on any atom is -0.444 e. The molecule has 0 aromatic carbocycles. The van der Waals surface area contributed by atoms with E-state index in [1.54, 1.807) is 21.8 Å². The van der Waals surface area contributed by atoms with Crippen molar-refractivity contribution in [3.05, 3.63) is 48.0 Å². The fraction of sp³-hybridized carbons (Fsp3) is 0.682. The third kappa shape index (κ3) is 14.9. The molecule has 0 aliphatic carbocycles. The summed E-state index contributed by atoms with van der Waals surface area (Å²) in [5.74, 6) is 1.74. The molecule has 2 aliphatic rings. The van der Waals surface area contributed by atoms with E-state index in [-0.39, 0.29) is 24.0 Å². The number of aromatic nitrogens is 6. The molecule has 6 heterocycles. The Morgan fingerprint density at radius 1 is 0.710 bits per heavy atom. The number of nitrogen functional groups attached to an aromatic ring is 1. The van der Waals surface area contributed by atoms with Gasteiger partial charge in [-0.2, -0.15) is 19.2 Å². The van der Waals surface area contributed by atoms with Gasteiger partial charge in [0.1, 0.15) is 36.3 Å². The van der Waals surface area contributed by atoms with Crippen LogP contribution in [0.25, 0.3) is 11.3 Å². The lowest BCUT2D eigenvalue weighted by molar-refractivity contribution is 0.0187. The van der Waals surface area contributed by atoms with Crippen molar-refractivity contribution in [3.63, 3.8) is 0 Å². The Bertz CT molecular complexity index is 2060. The Hall–Kier alpha value is -4.27. The van der Waals surface area contributed by atoms with Gasteiger partial charge < -0.3 is 39.4 Å². The highest BCUT2D eigenvalue weighted by Gasteiger charge is 2.31. The van der Waals surface area contributed by atoms with Crippen LogP contribution in [0, 0.1) is 0 Å². The Labute approximate surface area is 370 Å². The van der Waals surface area contributed by atoms with Crippen LogP contribution in [0.2, 0.25) is 51.4 Å². The molecule has 2 saturated heterocycles. The predicted molar refractivity (Wildman–Crippen MR) is 250 cm³/mol. The molecule has 0 spiro atoms. The van der Waals surface area contributed by atoms with Crippen molar-refractivity contribution < 1.29 is 28.5 Å². The van der Waals surface area contributed by atoms with Crippen LogP contribution in [0.3, 0.4) is 0 Å². The number of carbonyl (C=O) groups excluding carboxylic acids is 2. The second-order valence-corrected chi connectivity index (χ2v) is 32.4. The van der Waals surface area contributed by atoms with Crippen molar-refractivity contribution in [1.82, 2.24) is 39.0 Å². The zero-order chi connectivity index (χ0) is 45.5. The first-order chi connectivity index (χ1) is 28.9. The fourth-order valence-corrected chi connectivity index (χ4v) is 8.73. The number of rotatable bonds is 13. The van der Waals surface area contributed by atoms with Gasteiger partial charge in [0.25, 0.3) is 0 Å². The molecule has 18 heteroatoms. The summed E-state index contributed by atoms with van der Waals surface area (Å²) in [6.45, 7) is 30.4. The van der Waals surface area contributed by atoms with E-state index >= 15 is 0 Å². The Balaban J connectivity index is 0.000000267. The number of anilines is 2. The monoisotopic (exact) mass is 895 g/mol. The van der Waals surface area contributed by atoms with E-state index in [0.29, 0.717) is 38.9 Å². The quantitative estimate of drug-likeness (QED) is 0.0772. The lowest BCUT2D eigenvalue weighted by Gasteiger charge is -2.34. The molecule has 2 amide bonds. The van der Waals surface area contributed by atoms with Crippen LogP contribution in [0.4, 0.5) is 21.2 Å². The molecule has 6 rings (SSSR count). The second-order valence-electron chi connectivity index (χ2n) is 21.1. The van der Waals surface area contributed by atoms with E-state index in [0.717, 1.165) is 86.0 Å². The van der Waals surface area contributed by atoms with E-state index in [9.17, 15) is 9.59 Å². The molecule has 4 aromatic heterocycles. The van der Waals surface area contributed by atoms with Gasteiger partial charge in [-0.25, -0.2) is 19.6 Å². The Morgan fingerprint density at radius 3 is 1.60 bits per heavy atom. The number of amides is 2. The standard InChI is InChI=1S/C28H51N5O4Si2.C16H23N5O2/c1-28(2,3)37-27(34)31-14-10-11-23(20-31)24-19-26(33-25(30-24)12-13-29-33)32(21-35-15-17-38(4,5)6)22-36-16-18-39(7,8)9;1-16(2,3)23-15(22)20-8-4-5-11(10-20)12-9-13(17)21-14(19-12)6-7-18-21/h12-13,19,23H,10-11,14-18,20-22H2,1-9H3;6-7,9,11H,4-5,8,10,17H2,1-3H3. The molecular weight excluding hydrogens is 821 g/mol. The summed E-state index contributed by atoms with van der Waals surface area (Å²) < 4.78 is 27.0. The van der Waals surface area contributed by atoms with E-state index in [4.69, 9.17) is 29.7 Å². The van der Waals surface area contributed by atoms with E-state index in [2.05, 4.69) is 65.4 Å². The van der Waals surface area contributed by atoms with Crippen molar-refractivity contribution in [3.8, 4) is 0 Å². The number of hydrogen-bond acceptors (Lipinski definition) is 12. The van der Waals surface area contributed by atoms with E-state index < -0.39 is 27.3 Å². The average molecular weight is 895 g/mol. The predicted octanol–water partition coefficient (Wildman–Crippen LogP) is 8.70. The topological polar surface area (TPSA) is 167 Å². The Morgan fingerprint density at radius 2 is 1.15 bits per heavy atom. The molecule has 2 unspecified atom stereocenters. The molecule has 2 aliphatic heterocycles. The maximum atomic E-state index is 12.8. The van der Waals surface area contributed by atoms with Gasteiger partial charge in [0.05, 0.1) is 23.8 Å². The number of likely N-dealkylation sites (tertiary alicyclic amines) is 2. The third-order valence-electron chi connectivity index (χ3n) is 10.6. The fourth-order valence-electron chi connectivity index (χ4n) is 7.21. The van der Waals surface area contributed by atoms with Crippen molar-refractivity contribution in [2.24, 2.45) is 0 Å². The summed E-state index contributed by atoms with van der Waals surface area (Å²) in [5, 5.41) is 8.71. The van der Waals surface area contributed by atoms with Crippen molar-refractivity contribution in [1.29, 1.82) is 0 Å². The van der Waals surface area contributed by atoms with Crippen LogP contribution in [0.1, 0.15) is 90.4 Å². The molecule has 62 heavy (non-hydrogen) atoms. The average Bonchev–Trinajstić information content (AvgIpc) is 3.86. The number of fused-ring (bicyclic) bond motifs is 2. The molecule has 0 bridgehead atoms. The summed E-state index contributed by atoms with van der Waals surface area (Å²) in [6.07, 6.45) is 6.72.